The van der Waals surface area contributed by atoms with Gasteiger partial charge in [-0.2, -0.15) is 0 Å². The highest BCUT2D eigenvalue weighted by molar-refractivity contribution is 7.89. The molecule has 150 valence electrons. The minimum atomic E-state index is -3.59. The molecule has 0 atom stereocenters. The van der Waals surface area contributed by atoms with E-state index >= 15 is 0 Å². The molecule has 0 unspecified atom stereocenters. The van der Waals surface area contributed by atoms with Crippen molar-refractivity contribution >= 4 is 27.4 Å². The van der Waals surface area contributed by atoms with Gasteiger partial charge in [0, 0.05) is 22.9 Å². The number of Topliss-reactive ketones (excluding diaryl/α,β-unsaturated/α-hetero) is 1. The zero-order valence-electron chi connectivity index (χ0n) is 16.3. The maximum absolute atomic E-state index is 12.4. The smallest absolute Gasteiger partial charge is 0.240 e. The quantitative estimate of drug-likeness (QED) is 0.659. The van der Waals surface area contributed by atoms with E-state index in [-0.39, 0.29) is 29.0 Å². The molecule has 0 saturated heterocycles. The summed E-state index contributed by atoms with van der Waals surface area (Å²) in [6.07, 6.45) is 0.0131. The topological polar surface area (TPSA) is 102 Å². The van der Waals surface area contributed by atoms with E-state index in [1.807, 2.05) is 0 Å². The van der Waals surface area contributed by atoms with E-state index in [1.165, 1.54) is 38.3 Å². The van der Waals surface area contributed by atoms with Gasteiger partial charge in [0.2, 0.25) is 15.9 Å². The lowest BCUT2D eigenvalue weighted by Crippen LogP contribution is -2.30. The highest BCUT2D eigenvalue weighted by atomic mass is 32.2. The van der Waals surface area contributed by atoms with Crippen LogP contribution < -0.4 is 14.8 Å². The maximum atomic E-state index is 12.4. The number of amides is 1. The number of ether oxygens (including phenoxy) is 1. The Morgan fingerprint density at radius 3 is 2.25 bits per heavy atom. The fourth-order valence-corrected chi connectivity index (χ4v) is 3.86. The maximum Gasteiger partial charge on any atom is 0.240 e. The Labute approximate surface area is 165 Å². The molecule has 0 aliphatic carbocycles. The van der Waals surface area contributed by atoms with Crippen LogP contribution in [0.1, 0.15) is 36.7 Å². The fourth-order valence-electron chi connectivity index (χ4n) is 2.61. The molecular formula is C20H24N2O5S. The standard InChI is InChI=1S/C20H24N2O5S/c1-13(2)22-28(25,26)18-8-6-17(7-9-18)21-20(24)12-16-11-15(14(3)23)5-10-19(16)27-4/h5-11,13,22H,12H2,1-4H3,(H,21,24). The SMILES string of the molecule is COc1ccc(C(C)=O)cc1CC(=O)Nc1ccc(S(=O)(=O)NC(C)C)cc1. The van der Waals surface area contributed by atoms with Crippen LogP contribution in [0.5, 0.6) is 5.75 Å². The molecule has 0 aliphatic rings. The molecule has 2 rings (SSSR count). The Kier molecular flexibility index (Phi) is 6.93. The van der Waals surface area contributed by atoms with Gasteiger partial charge in [0.05, 0.1) is 18.4 Å². The van der Waals surface area contributed by atoms with Gasteiger partial charge >= 0.3 is 0 Å². The zero-order chi connectivity index (χ0) is 20.9. The lowest BCUT2D eigenvalue weighted by Gasteiger charge is -2.12. The van der Waals surface area contributed by atoms with E-state index in [4.69, 9.17) is 4.74 Å². The first-order valence-corrected chi connectivity index (χ1v) is 10.2. The summed E-state index contributed by atoms with van der Waals surface area (Å²) in [5.41, 5.74) is 1.55. The number of rotatable bonds is 8. The molecule has 0 radical (unpaired) electrons. The van der Waals surface area contributed by atoms with Gasteiger partial charge in [-0.3, -0.25) is 9.59 Å². The van der Waals surface area contributed by atoms with Gasteiger partial charge in [-0.15, -0.1) is 0 Å². The number of carbonyl (C=O) groups excluding carboxylic acids is 2. The summed E-state index contributed by atoms with van der Waals surface area (Å²) in [5, 5.41) is 2.72. The van der Waals surface area contributed by atoms with Crippen LogP contribution in [-0.2, 0) is 21.2 Å². The van der Waals surface area contributed by atoms with Crippen LogP contribution in [0.4, 0.5) is 5.69 Å². The second kappa shape index (κ2) is 8.99. The largest absolute Gasteiger partial charge is 0.496 e. The summed E-state index contributed by atoms with van der Waals surface area (Å²) >= 11 is 0. The third-order valence-electron chi connectivity index (χ3n) is 3.88. The molecule has 28 heavy (non-hydrogen) atoms. The lowest BCUT2D eigenvalue weighted by atomic mass is 10.0. The highest BCUT2D eigenvalue weighted by Crippen LogP contribution is 2.22. The Morgan fingerprint density at radius 2 is 1.71 bits per heavy atom. The van der Waals surface area contributed by atoms with Crippen LogP contribution in [0.25, 0.3) is 0 Å². The van der Waals surface area contributed by atoms with Crippen molar-refractivity contribution in [2.45, 2.75) is 38.1 Å². The number of hydrogen-bond donors (Lipinski definition) is 2. The minimum Gasteiger partial charge on any atom is -0.496 e. The summed E-state index contributed by atoms with van der Waals surface area (Å²) < 4.78 is 32.0. The molecule has 2 aromatic carbocycles. The highest BCUT2D eigenvalue weighted by Gasteiger charge is 2.16. The Morgan fingerprint density at radius 1 is 1.07 bits per heavy atom. The van der Waals surface area contributed by atoms with Crippen LogP contribution in [0.15, 0.2) is 47.4 Å². The van der Waals surface area contributed by atoms with Crippen LogP contribution in [0.2, 0.25) is 0 Å². The van der Waals surface area contributed by atoms with Gasteiger partial charge in [0.25, 0.3) is 0 Å². The number of methoxy groups -OCH3 is 1. The average molecular weight is 404 g/mol. The summed E-state index contributed by atoms with van der Waals surface area (Å²) in [4.78, 5) is 24.1. The van der Waals surface area contributed by atoms with E-state index in [9.17, 15) is 18.0 Å². The van der Waals surface area contributed by atoms with Crippen molar-refractivity contribution in [3.8, 4) is 5.75 Å². The third-order valence-corrected chi connectivity index (χ3v) is 5.55. The molecule has 2 aromatic rings. The van der Waals surface area contributed by atoms with Crippen molar-refractivity contribution in [2.24, 2.45) is 0 Å². The molecule has 1 amide bonds. The first-order valence-electron chi connectivity index (χ1n) is 8.72. The number of benzene rings is 2. The van der Waals surface area contributed by atoms with Crippen molar-refractivity contribution in [2.75, 3.05) is 12.4 Å². The van der Waals surface area contributed by atoms with Crippen LogP contribution in [-0.4, -0.2) is 33.3 Å². The average Bonchev–Trinajstić information content (AvgIpc) is 2.60. The van der Waals surface area contributed by atoms with E-state index in [2.05, 4.69) is 10.0 Å². The minimum absolute atomic E-state index is 0.0131. The van der Waals surface area contributed by atoms with Gasteiger partial charge in [-0.05, 0) is 63.2 Å². The van der Waals surface area contributed by atoms with E-state index in [1.54, 1.807) is 32.0 Å². The Balaban J connectivity index is 2.12. The van der Waals surface area contributed by atoms with Gasteiger partial charge in [0.15, 0.2) is 5.78 Å². The molecule has 8 heteroatoms. The predicted octanol–water partition coefficient (Wildman–Crippen LogP) is 2.77. The van der Waals surface area contributed by atoms with E-state index in [0.29, 0.717) is 22.6 Å². The fraction of sp³-hybridized carbons (Fsp3) is 0.300. The van der Waals surface area contributed by atoms with Crippen LogP contribution >= 0.6 is 0 Å². The number of sulfonamides is 1. The lowest BCUT2D eigenvalue weighted by molar-refractivity contribution is -0.115. The Hall–Kier alpha value is -2.71. The van der Waals surface area contributed by atoms with Gasteiger partial charge in [0.1, 0.15) is 5.75 Å². The first kappa shape index (κ1) is 21.6. The second-order valence-corrected chi connectivity index (χ2v) is 8.32. The Bertz CT molecular complexity index is 967. The van der Waals surface area contributed by atoms with Gasteiger partial charge in [-0.1, -0.05) is 0 Å². The van der Waals surface area contributed by atoms with Crippen molar-refractivity contribution in [1.82, 2.24) is 4.72 Å². The van der Waals surface area contributed by atoms with E-state index in [0.717, 1.165) is 0 Å². The van der Waals surface area contributed by atoms with Gasteiger partial charge < -0.3 is 10.1 Å². The number of nitrogens with one attached hydrogen (secondary N) is 2. The molecule has 0 aliphatic heterocycles. The third kappa shape index (κ3) is 5.64. The molecule has 2 N–H and O–H groups in total. The zero-order valence-corrected chi connectivity index (χ0v) is 17.1. The number of anilines is 1. The monoisotopic (exact) mass is 404 g/mol. The number of hydrogen-bond acceptors (Lipinski definition) is 5. The van der Waals surface area contributed by atoms with Crippen LogP contribution in [0, 0.1) is 0 Å². The molecule has 0 fully saturated rings. The molecular weight excluding hydrogens is 380 g/mol. The molecule has 0 saturated carbocycles. The molecule has 0 spiro atoms. The second-order valence-electron chi connectivity index (χ2n) is 6.61. The van der Waals surface area contributed by atoms with Crippen molar-refractivity contribution in [3.05, 3.63) is 53.6 Å². The molecule has 0 bridgehead atoms. The first-order chi connectivity index (χ1) is 13.1. The normalized spacial score (nSPS) is 11.3. The number of carbonyl (C=O) groups is 2. The predicted molar refractivity (Wildman–Crippen MR) is 107 cm³/mol. The van der Waals surface area contributed by atoms with Gasteiger partial charge in [-0.25, -0.2) is 13.1 Å². The summed E-state index contributed by atoms with van der Waals surface area (Å²) in [7, 11) is -2.09. The van der Waals surface area contributed by atoms with Crippen molar-refractivity contribution < 1.29 is 22.7 Å². The summed E-state index contributed by atoms with van der Waals surface area (Å²) in [6.45, 7) is 4.93. The molecule has 7 nitrogen and oxygen atoms in total. The summed E-state index contributed by atoms with van der Waals surface area (Å²) in [6, 6.07) is 10.6. The summed E-state index contributed by atoms with van der Waals surface area (Å²) in [5.74, 6) is 0.104. The number of ketones is 1. The molecule has 0 heterocycles. The molecule has 0 aromatic heterocycles. The van der Waals surface area contributed by atoms with Crippen molar-refractivity contribution in [1.29, 1.82) is 0 Å². The van der Waals surface area contributed by atoms with Crippen molar-refractivity contribution in [3.63, 3.8) is 0 Å². The van der Waals surface area contributed by atoms with Crippen LogP contribution in [0.3, 0.4) is 0 Å². The van der Waals surface area contributed by atoms with E-state index < -0.39 is 10.0 Å².